The van der Waals surface area contributed by atoms with E-state index >= 15 is 0 Å². The molecule has 1 amide bonds. The summed E-state index contributed by atoms with van der Waals surface area (Å²) in [6.45, 7) is 0.274. The monoisotopic (exact) mass is 223 g/mol. The van der Waals surface area contributed by atoms with E-state index in [9.17, 15) is 9.59 Å². The first-order valence-electron chi connectivity index (χ1n) is 5.08. The van der Waals surface area contributed by atoms with Crippen molar-refractivity contribution in [3.8, 4) is 0 Å². The Kier molecular flexibility index (Phi) is 2.64. The van der Waals surface area contributed by atoms with E-state index < -0.39 is 12.0 Å². The topological polar surface area (TPSA) is 75.4 Å². The molecule has 0 aromatic carbocycles. The molecule has 1 unspecified atom stereocenters. The van der Waals surface area contributed by atoms with Crippen LogP contribution in [0.1, 0.15) is 18.5 Å². The molecule has 1 N–H and O–H groups in total. The Labute approximate surface area is 92.5 Å². The van der Waals surface area contributed by atoms with E-state index in [0.717, 1.165) is 0 Å². The van der Waals surface area contributed by atoms with E-state index in [1.807, 2.05) is 0 Å². The average Bonchev–Trinajstić information content (AvgIpc) is 2.76. The number of carbonyl (C=O) groups excluding carboxylic acids is 1. The minimum absolute atomic E-state index is 0.113. The molecular weight excluding hydrogens is 210 g/mol. The maximum Gasteiger partial charge on any atom is 0.326 e. The molecule has 0 spiro atoms. The normalized spacial score (nSPS) is 20.4. The Bertz CT molecular complexity index is 427. The number of aromatic nitrogens is 2. The summed E-state index contributed by atoms with van der Waals surface area (Å²) in [5.74, 6) is -1.06. The Morgan fingerprint density at radius 1 is 1.69 bits per heavy atom. The van der Waals surface area contributed by atoms with Crippen molar-refractivity contribution in [3.63, 3.8) is 0 Å². The van der Waals surface area contributed by atoms with Crippen molar-refractivity contribution in [3.05, 3.63) is 18.0 Å². The third kappa shape index (κ3) is 1.91. The summed E-state index contributed by atoms with van der Waals surface area (Å²) < 4.78 is 1.63. The molecule has 1 atom stereocenters. The van der Waals surface area contributed by atoms with Gasteiger partial charge in [-0.15, -0.1) is 0 Å². The fourth-order valence-electron chi connectivity index (χ4n) is 1.91. The molecule has 0 aliphatic carbocycles. The lowest BCUT2D eigenvalue weighted by Crippen LogP contribution is -2.38. The van der Waals surface area contributed by atoms with Gasteiger partial charge in [-0.2, -0.15) is 5.10 Å². The minimum Gasteiger partial charge on any atom is -0.480 e. The number of hydrogen-bond acceptors (Lipinski definition) is 3. The molecule has 1 aromatic rings. The van der Waals surface area contributed by atoms with Gasteiger partial charge in [0.15, 0.2) is 0 Å². The fraction of sp³-hybridized carbons (Fsp3) is 0.500. The van der Waals surface area contributed by atoms with E-state index in [0.29, 0.717) is 18.5 Å². The molecule has 6 nitrogen and oxygen atoms in total. The van der Waals surface area contributed by atoms with Crippen molar-refractivity contribution in [2.75, 3.05) is 0 Å². The molecule has 0 radical (unpaired) electrons. The first-order valence-corrected chi connectivity index (χ1v) is 5.08. The molecule has 1 aliphatic rings. The Hall–Kier alpha value is -1.85. The van der Waals surface area contributed by atoms with Gasteiger partial charge in [-0.05, 0) is 12.5 Å². The summed E-state index contributed by atoms with van der Waals surface area (Å²) in [7, 11) is 1.78. The lowest BCUT2D eigenvalue weighted by Gasteiger charge is -2.20. The molecule has 2 heterocycles. The van der Waals surface area contributed by atoms with Crippen molar-refractivity contribution < 1.29 is 14.7 Å². The van der Waals surface area contributed by atoms with Crippen molar-refractivity contribution in [1.29, 1.82) is 0 Å². The highest BCUT2D eigenvalue weighted by atomic mass is 16.4. The lowest BCUT2D eigenvalue weighted by molar-refractivity contribution is -0.146. The molecule has 1 saturated heterocycles. The molecule has 1 aromatic heterocycles. The Balaban J connectivity index is 2.12. The highest BCUT2D eigenvalue weighted by Crippen LogP contribution is 2.20. The maximum atomic E-state index is 11.5. The first kappa shape index (κ1) is 10.7. The molecule has 2 rings (SSSR count). The zero-order chi connectivity index (χ0) is 11.7. The number of aryl methyl sites for hydroxylation is 1. The number of amides is 1. The molecule has 6 heteroatoms. The van der Waals surface area contributed by atoms with Crippen molar-refractivity contribution in [2.45, 2.75) is 25.4 Å². The van der Waals surface area contributed by atoms with Crippen molar-refractivity contribution in [2.24, 2.45) is 7.05 Å². The second-order valence-corrected chi connectivity index (χ2v) is 3.90. The van der Waals surface area contributed by atoms with Crippen LogP contribution in [0.15, 0.2) is 12.3 Å². The average molecular weight is 223 g/mol. The van der Waals surface area contributed by atoms with Gasteiger partial charge in [0.25, 0.3) is 0 Å². The molecule has 86 valence electrons. The van der Waals surface area contributed by atoms with Crippen LogP contribution in [0.3, 0.4) is 0 Å². The summed E-state index contributed by atoms with van der Waals surface area (Å²) in [5, 5.41) is 13.1. The zero-order valence-corrected chi connectivity index (χ0v) is 8.96. The van der Waals surface area contributed by atoms with Gasteiger partial charge in [0.05, 0.1) is 12.2 Å². The van der Waals surface area contributed by atoms with Crippen LogP contribution in [0.5, 0.6) is 0 Å². The molecular formula is C10H13N3O3. The number of rotatable bonds is 3. The number of carbonyl (C=O) groups is 2. The predicted octanol–water partition coefficient (Wildman–Crippen LogP) is -0.00430. The maximum absolute atomic E-state index is 11.5. The molecule has 0 bridgehead atoms. The molecule has 1 fully saturated rings. The fourth-order valence-corrected chi connectivity index (χ4v) is 1.91. The van der Waals surface area contributed by atoms with Crippen LogP contribution in [0.2, 0.25) is 0 Å². The summed E-state index contributed by atoms with van der Waals surface area (Å²) in [6, 6.07) is 1.08. The largest absolute Gasteiger partial charge is 0.480 e. The van der Waals surface area contributed by atoms with E-state index in [4.69, 9.17) is 5.11 Å². The number of hydrogen-bond donors (Lipinski definition) is 1. The quantitative estimate of drug-likeness (QED) is 0.782. The minimum atomic E-state index is -0.943. The van der Waals surface area contributed by atoms with Gasteiger partial charge >= 0.3 is 5.97 Å². The third-order valence-corrected chi connectivity index (χ3v) is 2.71. The first-order chi connectivity index (χ1) is 7.58. The highest BCUT2D eigenvalue weighted by Gasteiger charge is 2.36. The standard InChI is InChI=1S/C10H13N3O3/c1-12-5-4-7(11-12)6-13-8(10(15)16)2-3-9(13)14/h4-5,8H,2-3,6H2,1H3,(H,15,16). The van der Waals surface area contributed by atoms with E-state index in [2.05, 4.69) is 5.10 Å². The second-order valence-electron chi connectivity index (χ2n) is 3.90. The highest BCUT2D eigenvalue weighted by molar-refractivity contribution is 5.87. The second kappa shape index (κ2) is 3.96. The van der Waals surface area contributed by atoms with Gasteiger partial charge in [0.1, 0.15) is 6.04 Å². The number of carboxylic acids is 1. The summed E-state index contributed by atoms with van der Waals surface area (Å²) in [5.41, 5.74) is 0.712. The van der Waals surface area contributed by atoms with Gasteiger partial charge in [-0.1, -0.05) is 0 Å². The third-order valence-electron chi connectivity index (χ3n) is 2.71. The van der Waals surface area contributed by atoms with E-state index in [-0.39, 0.29) is 12.5 Å². The van der Waals surface area contributed by atoms with Crippen molar-refractivity contribution in [1.82, 2.24) is 14.7 Å². The lowest BCUT2D eigenvalue weighted by atomic mass is 10.2. The molecule has 1 aliphatic heterocycles. The number of carboxylic acid groups (broad SMARTS) is 1. The van der Waals surface area contributed by atoms with Crippen LogP contribution in [-0.2, 0) is 23.2 Å². The Morgan fingerprint density at radius 3 is 3.00 bits per heavy atom. The molecule has 16 heavy (non-hydrogen) atoms. The number of likely N-dealkylation sites (tertiary alicyclic amines) is 1. The van der Waals surface area contributed by atoms with Gasteiger partial charge in [-0.25, -0.2) is 4.79 Å². The van der Waals surface area contributed by atoms with Gasteiger partial charge < -0.3 is 10.0 Å². The number of nitrogens with zero attached hydrogens (tertiary/aromatic N) is 3. The van der Waals surface area contributed by atoms with Gasteiger partial charge in [0, 0.05) is 19.7 Å². The van der Waals surface area contributed by atoms with E-state index in [1.54, 1.807) is 24.0 Å². The molecule has 0 saturated carbocycles. The van der Waals surface area contributed by atoms with Crippen LogP contribution in [0, 0.1) is 0 Å². The summed E-state index contributed by atoms with van der Waals surface area (Å²) in [6.07, 6.45) is 2.47. The van der Waals surface area contributed by atoms with Crippen molar-refractivity contribution >= 4 is 11.9 Å². The summed E-state index contributed by atoms with van der Waals surface area (Å²) >= 11 is 0. The number of aliphatic carboxylic acids is 1. The zero-order valence-electron chi connectivity index (χ0n) is 8.96. The van der Waals surface area contributed by atoms with Gasteiger partial charge in [-0.3, -0.25) is 9.48 Å². The van der Waals surface area contributed by atoms with E-state index in [1.165, 1.54) is 4.90 Å². The van der Waals surface area contributed by atoms with Crippen LogP contribution >= 0.6 is 0 Å². The predicted molar refractivity (Wildman–Crippen MR) is 54.4 cm³/mol. The van der Waals surface area contributed by atoms with Crippen LogP contribution in [0.4, 0.5) is 0 Å². The smallest absolute Gasteiger partial charge is 0.326 e. The van der Waals surface area contributed by atoms with Gasteiger partial charge in [0.2, 0.25) is 5.91 Å². The summed E-state index contributed by atoms with van der Waals surface area (Å²) in [4.78, 5) is 23.8. The SMILES string of the molecule is Cn1ccc(CN2C(=O)CCC2C(=O)O)n1. The Morgan fingerprint density at radius 2 is 2.44 bits per heavy atom. The van der Waals surface area contributed by atoms with Crippen LogP contribution < -0.4 is 0 Å². The van der Waals surface area contributed by atoms with Crippen LogP contribution in [0.25, 0.3) is 0 Å². The van der Waals surface area contributed by atoms with Crippen LogP contribution in [-0.4, -0.2) is 37.7 Å².